The Bertz CT molecular complexity index is 540. The predicted molar refractivity (Wildman–Crippen MR) is 62.5 cm³/mol. The summed E-state index contributed by atoms with van der Waals surface area (Å²) in [5, 5.41) is -0.288. The lowest BCUT2D eigenvalue weighted by atomic mass is 10.2. The Balaban J connectivity index is 2.33. The number of carbonyl (C=O) groups is 1. The number of aryl methyl sites for hydroxylation is 1. The zero-order valence-electron chi connectivity index (χ0n) is 9.84. The number of hydrogen-bond donors (Lipinski definition) is 0. The molecular weight excluding hydrogens is 242 g/mol. The zero-order chi connectivity index (χ0) is 12.6. The molecule has 17 heavy (non-hydrogen) atoms. The highest BCUT2D eigenvalue weighted by Crippen LogP contribution is 2.30. The summed E-state index contributed by atoms with van der Waals surface area (Å²) < 4.78 is 29.9. The van der Waals surface area contributed by atoms with Crippen molar-refractivity contribution in [1.82, 2.24) is 3.97 Å². The van der Waals surface area contributed by atoms with Crippen molar-refractivity contribution < 1.29 is 17.9 Å². The smallest absolute Gasteiger partial charge is 0.339 e. The SMILES string of the molecule is CCOC(=O)c1cn(S(=O)(=O)C2CC2)cc1C. The van der Waals surface area contributed by atoms with E-state index in [-0.39, 0.29) is 11.9 Å². The minimum atomic E-state index is -3.31. The molecule has 1 aliphatic carbocycles. The van der Waals surface area contributed by atoms with Gasteiger partial charge in [0.1, 0.15) is 0 Å². The third-order valence-electron chi connectivity index (χ3n) is 2.74. The van der Waals surface area contributed by atoms with Gasteiger partial charge in [-0.2, -0.15) is 0 Å². The van der Waals surface area contributed by atoms with E-state index in [0.717, 1.165) is 3.97 Å². The van der Waals surface area contributed by atoms with Crippen molar-refractivity contribution in [2.45, 2.75) is 31.9 Å². The molecule has 0 saturated heterocycles. The first-order chi connectivity index (χ1) is 7.96. The van der Waals surface area contributed by atoms with Crippen molar-refractivity contribution in [3.63, 3.8) is 0 Å². The molecular formula is C11H15NO4S. The lowest BCUT2D eigenvalue weighted by molar-refractivity contribution is 0.0526. The van der Waals surface area contributed by atoms with Gasteiger partial charge in [0.25, 0.3) is 0 Å². The molecule has 1 heterocycles. The summed E-state index contributed by atoms with van der Waals surface area (Å²) in [4.78, 5) is 11.6. The van der Waals surface area contributed by atoms with Gasteiger partial charge in [0, 0.05) is 12.4 Å². The number of esters is 1. The van der Waals surface area contributed by atoms with Gasteiger partial charge in [-0.15, -0.1) is 0 Å². The van der Waals surface area contributed by atoms with E-state index in [9.17, 15) is 13.2 Å². The second-order valence-electron chi connectivity index (χ2n) is 4.15. The van der Waals surface area contributed by atoms with Crippen molar-refractivity contribution in [1.29, 1.82) is 0 Å². The number of rotatable bonds is 4. The van der Waals surface area contributed by atoms with Gasteiger partial charge in [-0.3, -0.25) is 3.97 Å². The lowest BCUT2D eigenvalue weighted by Crippen LogP contribution is -2.15. The molecule has 2 rings (SSSR count). The van der Waals surface area contributed by atoms with Crippen LogP contribution in [0.15, 0.2) is 12.4 Å². The average molecular weight is 257 g/mol. The van der Waals surface area contributed by atoms with Crippen LogP contribution in [0.3, 0.4) is 0 Å². The Labute approximate surface area is 100 Å². The highest BCUT2D eigenvalue weighted by molar-refractivity contribution is 7.90. The van der Waals surface area contributed by atoms with E-state index in [1.54, 1.807) is 13.8 Å². The topological polar surface area (TPSA) is 65.4 Å². The van der Waals surface area contributed by atoms with Gasteiger partial charge in [0.2, 0.25) is 10.0 Å². The van der Waals surface area contributed by atoms with Crippen molar-refractivity contribution in [2.24, 2.45) is 0 Å². The third-order valence-corrected chi connectivity index (χ3v) is 4.85. The first-order valence-electron chi connectivity index (χ1n) is 5.57. The quantitative estimate of drug-likeness (QED) is 0.763. The van der Waals surface area contributed by atoms with E-state index in [0.29, 0.717) is 24.0 Å². The van der Waals surface area contributed by atoms with Crippen LogP contribution < -0.4 is 0 Å². The zero-order valence-corrected chi connectivity index (χ0v) is 10.7. The van der Waals surface area contributed by atoms with E-state index in [4.69, 9.17) is 4.74 Å². The summed E-state index contributed by atoms with van der Waals surface area (Å²) in [5.74, 6) is -0.477. The summed E-state index contributed by atoms with van der Waals surface area (Å²) in [6, 6.07) is 0. The van der Waals surface area contributed by atoms with Crippen molar-refractivity contribution in [3.05, 3.63) is 23.5 Å². The molecule has 0 aromatic carbocycles. The van der Waals surface area contributed by atoms with Crippen molar-refractivity contribution in [2.75, 3.05) is 6.61 Å². The predicted octanol–water partition coefficient (Wildman–Crippen LogP) is 1.31. The minimum absolute atomic E-state index is 0.277. The van der Waals surface area contributed by atoms with Gasteiger partial charge in [-0.25, -0.2) is 13.2 Å². The summed E-state index contributed by atoms with van der Waals surface area (Å²) in [6.07, 6.45) is 4.23. The van der Waals surface area contributed by atoms with Gasteiger partial charge in [-0.1, -0.05) is 0 Å². The highest BCUT2D eigenvalue weighted by Gasteiger charge is 2.37. The van der Waals surface area contributed by atoms with Crippen LogP contribution in [0, 0.1) is 6.92 Å². The fraction of sp³-hybridized carbons (Fsp3) is 0.545. The maximum absolute atomic E-state index is 12.0. The third kappa shape index (κ3) is 2.22. The number of carbonyl (C=O) groups excluding carboxylic acids is 1. The largest absolute Gasteiger partial charge is 0.462 e. The fourth-order valence-corrected chi connectivity index (χ4v) is 3.27. The van der Waals surface area contributed by atoms with Crippen LogP contribution in [-0.4, -0.2) is 30.2 Å². The Morgan fingerprint density at radius 3 is 2.65 bits per heavy atom. The molecule has 1 fully saturated rings. The van der Waals surface area contributed by atoms with Crippen LogP contribution in [0.4, 0.5) is 0 Å². The maximum Gasteiger partial charge on any atom is 0.339 e. The number of hydrogen-bond acceptors (Lipinski definition) is 4. The molecule has 0 unspecified atom stereocenters. The second-order valence-corrected chi connectivity index (χ2v) is 6.27. The molecule has 0 bridgehead atoms. The average Bonchev–Trinajstić information content (AvgIpc) is 3.03. The number of nitrogens with zero attached hydrogens (tertiary/aromatic N) is 1. The first kappa shape index (κ1) is 12.2. The minimum Gasteiger partial charge on any atom is -0.462 e. The van der Waals surface area contributed by atoms with E-state index in [1.165, 1.54) is 12.4 Å². The van der Waals surface area contributed by atoms with Crippen LogP contribution in [0.1, 0.15) is 35.7 Å². The van der Waals surface area contributed by atoms with Gasteiger partial charge in [-0.05, 0) is 32.3 Å². The molecule has 0 atom stereocenters. The fourth-order valence-electron chi connectivity index (χ4n) is 1.63. The molecule has 6 heteroatoms. The Morgan fingerprint density at radius 2 is 2.12 bits per heavy atom. The lowest BCUT2D eigenvalue weighted by Gasteiger charge is -2.02. The highest BCUT2D eigenvalue weighted by atomic mass is 32.2. The first-order valence-corrected chi connectivity index (χ1v) is 7.07. The monoisotopic (exact) mass is 257 g/mol. The summed E-state index contributed by atoms with van der Waals surface area (Å²) in [6.45, 7) is 3.69. The Hall–Kier alpha value is -1.30. The molecule has 1 aromatic heterocycles. The molecule has 0 aliphatic heterocycles. The molecule has 0 amide bonds. The molecule has 5 nitrogen and oxygen atoms in total. The normalized spacial score (nSPS) is 15.9. The second kappa shape index (κ2) is 4.18. The van der Waals surface area contributed by atoms with Crippen LogP contribution in [0.25, 0.3) is 0 Å². The molecule has 0 radical (unpaired) electrons. The molecule has 1 saturated carbocycles. The number of aromatic nitrogens is 1. The van der Waals surface area contributed by atoms with Crippen LogP contribution >= 0.6 is 0 Å². The Kier molecular flexibility index (Phi) is 2.99. The molecule has 94 valence electrons. The maximum atomic E-state index is 12.0. The molecule has 0 spiro atoms. The van der Waals surface area contributed by atoms with Crippen molar-refractivity contribution in [3.8, 4) is 0 Å². The van der Waals surface area contributed by atoms with E-state index in [1.807, 2.05) is 0 Å². The van der Waals surface area contributed by atoms with Gasteiger partial charge < -0.3 is 4.74 Å². The van der Waals surface area contributed by atoms with Crippen LogP contribution in [0.2, 0.25) is 0 Å². The standard InChI is InChI=1S/C11H15NO4S/c1-3-16-11(13)10-7-12(6-8(10)2)17(14,15)9-4-5-9/h6-7,9H,3-5H2,1-2H3. The summed E-state index contributed by atoms with van der Waals surface area (Å²) >= 11 is 0. The summed E-state index contributed by atoms with van der Waals surface area (Å²) in [5.41, 5.74) is 0.934. The van der Waals surface area contributed by atoms with Crippen molar-refractivity contribution >= 4 is 16.0 Å². The Morgan fingerprint density at radius 1 is 1.47 bits per heavy atom. The molecule has 1 aliphatic rings. The molecule has 0 N–H and O–H groups in total. The van der Waals surface area contributed by atoms with E-state index < -0.39 is 16.0 Å². The van der Waals surface area contributed by atoms with Gasteiger partial charge in [0.15, 0.2) is 0 Å². The van der Waals surface area contributed by atoms with E-state index in [2.05, 4.69) is 0 Å². The van der Waals surface area contributed by atoms with Crippen LogP contribution in [-0.2, 0) is 14.8 Å². The number of ether oxygens (including phenoxy) is 1. The van der Waals surface area contributed by atoms with Gasteiger partial charge >= 0.3 is 5.97 Å². The summed E-state index contributed by atoms with van der Waals surface area (Å²) in [7, 11) is -3.31. The molecule has 1 aromatic rings. The van der Waals surface area contributed by atoms with Crippen LogP contribution in [0.5, 0.6) is 0 Å². The van der Waals surface area contributed by atoms with Gasteiger partial charge in [0.05, 0.1) is 17.4 Å². The van der Waals surface area contributed by atoms with E-state index >= 15 is 0 Å².